The van der Waals surface area contributed by atoms with Crippen LogP contribution in [0.25, 0.3) is 0 Å². The summed E-state index contributed by atoms with van der Waals surface area (Å²) in [4.78, 5) is 26.3. The first-order chi connectivity index (χ1) is 10.5. The minimum Gasteiger partial charge on any atom is -0.326 e. The van der Waals surface area contributed by atoms with Crippen LogP contribution in [0.2, 0.25) is 0 Å². The third-order valence-corrected chi connectivity index (χ3v) is 4.88. The zero-order valence-corrected chi connectivity index (χ0v) is 13.5. The summed E-state index contributed by atoms with van der Waals surface area (Å²) in [5, 5.41) is 2.97. The Kier molecular flexibility index (Phi) is 3.94. The third kappa shape index (κ3) is 3.01. The van der Waals surface area contributed by atoms with Crippen molar-refractivity contribution in [1.82, 2.24) is 0 Å². The van der Waals surface area contributed by atoms with E-state index in [1.807, 2.05) is 36.1 Å². The topological polar surface area (TPSA) is 49.4 Å². The minimum atomic E-state index is 0.0924. The summed E-state index contributed by atoms with van der Waals surface area (Å²) in [6.45, 7) is 6.85. The summed E-state index contributed by atoms with van der Waals surface area (Å²) < 4.78 is 0. The van der Waals surface area contributed by atoms with Crippen LogP contribution < -0.4 is 10.2 Å². The molecule has 2 aliphatic carbocycles. The van der Waals surface area contributed by atoms with Crippen molar-refractivity contribution in [2.24, 2.45) is 23.7 Å². The highest BCUT2D eigenvalue weighted by atomic mass is 16.2. The number of carbonyl (C=O) groups excluding carboxylic acids is 2. The molecule has 1 aromatic carbocycles. The molecule has 2 amide bonds. The van der Waals surface area contributed by atoms with Gasteiger partial charge in [0.15, 0.2) is 0 Å². The second-order valence-electron chi connectivity index (χ2n) is 6.76. The highest BCUT2D eigenvalue weighted by molar-refractivity contribution is 5.98. The summed E-state index contributed by atoms with van der Waals surface area (Å²) in [5.74, 6) is 1.61. The summed E-state index contributed by atoms with van der Waals surface area (Å²) >= 11 is 0. The quantitative estimate of drug-likeness (QED) is 0.907. The van der Waals surface area contributed by atoms with Crippen LogP contribution in [0.5, 0.6) is 0 Å². The number of hydrogen-bond acceptors (Lipinski definition) is 2. The fourth-order valence-electron chi connectivity index (χ4n) is 3.01. The summed E-state index contributed by atoms with van der Waals surface area (Å²) in [6, 6.07) is 7.61. The molecule has 0 spiro atoms. The van der Waals surface area contributed by atoms with Crippen molar-refractivity contribution in [1.29, 1.82) is 0 Å². The Hall–Kier alpha value is -1.84. The lowest BCUT2D eigenvalue weighted by Crippen LogP contribution is -2.32. The molecule has 0 aliphatic heterocycles. The van der Waals surface area contributed by atoms with Gasteiger partial charge < -0.3 is 10.2 Å². The van der Waals surface area contributed by atoms with Gasteiger partial charge in [-0.25, -0.2) is 0 Å². The van der Waals surface area contributed by atoms with Crippen molar-refractivity contribution in [2.75, 3.05) is 16.8 Å². The lowest BCUT2D eigenvalue weighted by Gasteiger charge is -2.22. The van der Waals surface area contributed by atoms with Crippen LogP contribution in [0, 0.1) is 23.7 Å². The molecule has 0 bridgehead atoms. The van der Waals surface area contributed by atoms with Crippen molar-refractivity contribution in [3.05, 3.63) is 24.3 Å². The molecule has 0 heterocycles. The van der Waals surface area contributed by atoms with Gasteiger partial charge in [-0.15, -0.1) is 0 Å². The number of hydrogen-bond donors (Lipinski definition) is 1. The van der Waals surface area contributed by atoms with Gasteiger partial charge in [0, 0.05) is 29.8 Å². The molecule has 22 heavy (non-hydrogen) atoms. The van der Waals surface area contributed by atoms with Crippen molar-refractivity contribution < 1.29 is 9.59 Å². The maximum Gasteiger partial charge on any atom is 0.230 e. The number of carbonyl (C=O) groups is 2. The third-order valence-electron chi connectivity index (χ3n) is 4.88. The molecule has 4 nitrogen and oxygen atoms in total. The van der Waals surface area contributed by atoms with Crippen molar-refractivity contribution in [2.45, 2.75) is 33.6 Å². The minimum absolute atomic E-state index is 0.0924. The summed E-state index contributed by atoms with van der Waals surface area (Å²) in [5.41, 5.74) is 1.64. The van der Waals surface area contributed by atoms with Crippen molar-refractivity contribution in [3.63, 3.8) is 0 Å². The van der Waals surface area contributed by atoms with E-state index in [4.69, 9.17) is 0 Å². The standard InChI is InChI=1S/C18H24N2O2/c1-4-20(18(22)16-9-12(16)3)14-7-5-6-13(10-14)19-17(21)15-8-11(15)2/h5-7,10-12,15-16H,4,8-9H2,1-3H3,(H,19,21). The van der Waals surface area contributed by atoms with E-state index in [9.17, 15) is 9.59 Å². The smallest absolute Gasteiger partial charge is 0.230 e. The Labute approximate surface area is 131 Å². The summed E-state index contributed by atoms with van der Waals surface area (Å²) in [6.07, 6.45) is 1.97. The number of nitrogens with one attached hydrogen (secondary N) is 1. The zero-order chi connectivity index (χ0) is 15.9. The van der Waals surface area contributed by atoms with Crippen LogP contribution in [0.3, 0.4) is 0 Å². The molecule has 1 aromatic rings. The monoisotopic (exact) mass is 300 g/mol. The predicted molar refractivity (Wildman–Crippen MR) is 87.6 cm³/mol. The molecule has 0 aromatic heterocycles. The zero-order valence-electron chi connectivity index (χ0n) is 13.5. The Morgan fingerprint density at radius 3 is 2.36 bits per heavy atom. The first-order valence-electron chi connectivity index (χ1n) is 8.23. The SMILES string of the molecule is CCN(C(=O)C1CC1C)c1cccc(NC(=O)C2CC2C)c1. The van der Waals surface area contributed by atoms with E-state index in [0.717, 1.165) is 24.2 Å². The lowest BCUT2D eigenvalue weighted by molar-refractivity contribution is -0.120. The van der Waals surface area contributed by atoms with Gasteiger partial charge in [-0.2, -0.15) is 0 Å². The van der Waals surface area contributed by atoms with Crippen LogP contribution >= 0.6 is 0 Å². The summed E-state index contributed by atoms with van der Waals surface area (Å²) in [7, 11) is 0. The fourth-order valence-corrected chi connectivity index (χ4v) is 3.01. The number of rotatable bonds is 5. The van der Waals surface area contributed by atoms with Gasteiger partial charge in [-0.05, 0) is 49.8 Å². The van der Waals surface area contributed by atoms with Crippen LogP contribution in [-0.2, 0) is 9.59 Å². The van der Waals surface area contributed by atoms with Gasteiger partial charge in [-0.1, -0.05) is 19.9 Å². The second-order valence-corrected chi connectivity index (χ2v) is 6.76. The molecular formula is C18H24N2O2. The largest absolute Gasteiger partial charge is 0.326 e. The molecule has 2 fully saturated rings. The Balaban J connectivity index is 1.71. The molecular weight excluding hydrogens is 276 g/mol. The van der Waals surface area contributed by atoms with E-state index < -0.39 is 0 Å². The molecule has 0 radical (unpaired) electrons. The highest BCUT2D eigenvalue weighted by Crippen LogP contribution is 2.40. The Morgan fingerprint density at radius 2 is 1.82 bits per heavy atom. The van der Waals surface area contributed by atoms with E-state index in [1.165, 1.54) is 0 Å². The van der Waals surface area contributed by atoms with E-state index in [1.54, 1.807) is 0 Å². The molecule has 1 N–H and O–H groups in total. The van der Waals surface area contributed by atoms with Gasteiger partial charge in [0.05, 0.1) is 0 Å². The molecule has 118 valence electrons. The predicted octanol–water partition coefficient (Wildman–Crippen LogP) is 3.29. The molecule has 4 atom stereocenters. The average Bonchev–Trinajstić information content (AvgIpc) is 3.38. The fraction of sp³-hybridized carbons (Fsp3) is 0.556. The van der Waals surface area contributed by atoms with Gasteiger partial charge in [-0.3, -0.25) is 9.59 Å². The van der Waals surface area contributed by atoms with Gasteiger partial charge in [0.2, 0.25) is 11.8 Å². The number of benzene rings is 1. The van der Waals surface area contributed by atoms with Crippen LogP contribution in [0.4, 0.5) is 11.4 Å². The second kappa shape index (κ2) is 5.75. The van der Waals surface area contributed by atoms with Crippen LogP contribution in [-0.4, -0.2) is 18.4 Å². The number of amides is 2. The van der Waals surface area contributed by atoms with E-state index in [-0.39, 0.29) is 23.7 Å². The first kappa shape index (κ1) is 15.1. The molecule has 2 aliphatic rings. The Bertz CT molecular complexity index is 599. The highest BCUT2D eigenvalue weighted by Gasteiger charge is 2.41. The molecule has 0 saturated heterocycles. The van der Waals surface area contributed by atoms with Crippen molar-refractivity contribution >= 4 is 23.2 Å². The number of anilines is 2. The van der Waals surface area contributed by atoms with Gasteiger partial charge in [0.1, 0.15) is 0 Å². The molecule has 3 rings (SSSR count). The van der Waals surface area contributed by atoms with Gasteiger partial charge in [0.25, 0.3) is 0 Å². The van der Waals surface area contributed by atoms with Gasteiger partial charge >= 0.3 is 0 Å². The van der Waals surface area contributed by atoms with E-state index >= 15 is 0 Å². The van der Waals surface area contributed by atoms with Crippen LogP contribution in [0.1, 0.15) is 33.6 Å². The lowest BCUT2D eigenvalue weighted by atomic mass is 10.2. The average molecular weight is 300 g/mol. The van der Waals surface area contributed by atoms with E-state index in [0.29, 0.717) is 18.4 Å². The van der Waals surface area contributed by atoms with E-state index in [2.05, 4.69) is 19.2 Å². The van der Waals surface area contributed by atoms with Crippen LogP contribution in [0.15, 0.2) is 24.3 Å². The maximum absolute atomic E-state index is 12.5. The first-order valence-corrected chi connectivity index (χ1v) is 8.23. The normalized spacial score (nSPS) is 28.9. The maximum atomic E-state index is 12.5. The molecule has 4 heteroatoms. The molecule has 2 saturated carbocycles. The van der Waals surface area contributed by atoms with Crippen molar-refractivity contribution in [3.8, 4) is 0 Å². The number of nitrogens with zero attached hydrogens (tertiary/aromatic N) is 1. The molecule has 4 unspecified atom stereocenters. The Morgan fingerprint density at radius 1 is 1.18 bits per heavy atom.